The average Bonchev–Trinajstić information content (AvgIpc) is 3.12. The standard InChI is InChI=1S/C23H24F3N3O2/c24-16-3-1-15(2-4-16)21-18(19-11-17(25)12-20(26)22(19)29-21)5-8-27-23(30)28-13-14-6-9-31-10-7-14/h1-4,11-12,14,29H,5-10,13H2,(H2,27,28,30). The first-order valence-electron chi connectivity index (χ1n) is 10.4. The minimum atomic E-state index is -0.702. The molecule has 1 fully saturated rings. The molecule has 0 spiro atoms. The first kappa shape index (κ1) is 21.2. The van der Waals surface area contributed by atoms with Crippen LogP contribution in [-0.4, -0.2) is 37.3 Å². The lowest BCUT2D eigenvalue weighted by atomic mass is 10.0. The van der Waals surface area contributed by atoms with Crippen molar-refractivity contribution in [3.63, 3.8) is 0 Å². The third-order valence-electron chi connectivity index (χ3n) is 5.62. The Morgan fingerprint density at radius 2 is 1.77 bits per heavy atom. The quantitative estimate of drug-likeness (QED) is 0.537. The van der Waals surface area contributed by atoms with Crippen LogP contribution in [0.2, 0.25) is 0 Å². The zero-order valence-electron chi connectivity index (χ0n) is 16.9. The largest absolute Gasteiger partial charge is 0.381 e. The van der Waals surface area contributed by atoms with Crippen LogP contribution >= 0.6 is 0 Å². The van der Waals surface area contributed by atoms with Gasteiger partial charge < -0.3 is 20.4 Å². The molecule has 2 heterocycles. The van der Waals surface area contributed by atoms with E-state index in [1.54, 1.807) is 12.1 Å². The molecular weight excluding hydrogens is 407 g/mol. The Bertz CT molecular complexity index is 1060. The van der Waals surface area contributed by atoms with E-state index >= 15 is 0 Å². The molecule has 8 heteroatoms. The highest BCUT2D eigenvalue weighted by molar-refractivity contribution is 5.91. The molecule has 1 saturated heterocycles. The van der Waals surface area contributed by atoms with Gasteiger partial charge in [0.25, 0.3) is 0 Å². The molecule has 0 radical (unpaired) electrons. The summed E-state index contributed by atoms with van der Waals surface area (Å²) in [5.41, 5.74) is 2.06. The number of halogens is 3. The fourth-order valence-electron chi connectivity index (χ4n) is 3.95. The van der Waals surface area contributed by atoms with Gasteiger partial charge in [0.05, 0.1) is 5.52 Å². The maximum atomic E-state index is 14.3. The monoisotopic (exact) mass is 431 g/mol. The van der Waals surface area contributed by atoms with E-state index in [-0.39, 0.29) is 23.9 Å². The molecule has 0 aliphatic carbocycles. The molecule has 0 atom stereocenters. The van der Waals surface area contributed by atoms with Crippen LogP contribution in [0.1, 0.15) is 18.4 Å². The molecule has 1 aliphatic heterocycles. The molecule has 1 aromatic heterocycles. The molecule has 2 amide bonds. The highest BCUT2D eigenvalue weighted by atomic mass is 19.1. The number of amides is 2. The Kier molecular flexibility index (Phi) is 6.46. The fraction of sp³-hybridized carbons (Fsp3) is 0.348. The zero-order chi connectivity index (χ0) is 21.8. The molecule has 3 aromatic rings. The van der Waals surface area contributed by atoms with E-state index < -0.39 is 11.6 Å². The van der Waals surface area contributed by atoms with Gasteiger partial charge in [0.1, 0.15) is 17.5 Å². The van der Waals surface area contributed by atoms with Gasteiger partial charge in [-0.1, -0.05) is 0 Å². The van der Waals surface area contributed by atoms with Crippen LogP contribution in [0, 0.1) is 23.4 Å². The smallest absolute Gasteiger partial charge is 0.314 e. The number of hydrogen-bond acceptors (Lipinski definition) is 2. The first-order valence-corrected chi connectivity index (χ1v) is 10.4. The van der Waals surface area contributed by atoms with Crippen molar-refractivity contribution in [2.24, 2.45) is 5.92 Å². The van der Waals surface area contributed by atoms with Crippen molar-refractivity contribution >= 4 is 16.9 Å². The summed E-state index contributed by atoms with van der Waals surface area (Å²) in [6.07, 6.45) is 2.20. The summed E-state index contributed by atoms with van der Waals surface area (Å²) in [5, 5.41) is 6.07. The second-order valence-electron chi connectivity index (χ2n) is 7.74. The number of carbonyl (C=O) groups excluding carboxylic acids is 1. The molecule has 1 aliphatic rings. The van der Waals surface area contributed by atoms with Gasteiger partial charge in [0, 0.05) is 43.4 Å². The number of nitrogens with one attached hydrogen (secondary N) is 3. The summed E-state index contributed by atoms with van der Waals surface area (Å²) < 4.78 is 46.9. The predicted molar refractivity (Wildman–Crippen MR) is 112 cm³/mol. The minimum Gasteiger partial charge on any atom is -0.381 e. The second-order valence-corrected chi connectivity index (χ2v) is 7.74. The Morgan fingerprint density at radius 3 is 2.52 bits per heavy atom. The number of aromatic amines is 1. The highest BCUT2D eigenvalue weighted by Crippen LogP contribution is 2.32. The molecule has 0 saturated carbocycles. The number of ether oxygens (including phenoxy) is 1. The molecule has 3 N–H and O–H groups in total. The Morgan fingerprint density at radius 1 is 1.03 bits per heavy atom. The van der Waals surface area contributed by atoms with E-state index in [4.69, 9.17) is 4.74 Å². The van der Waals surface area contributed by atoms with Crippen molar-refractivity contribution in [1.29, 1.82) is 0 Å². The SMILES string of the molecule is O=C(NCCc1c(-c2ccc(F)cc2)[nH]c2c(F)cc(F)cc12)NCC1CCOCC1. The van der Waals surface area contributed by atoms with Gasteiger partial charge in [-0.25, -0.2) is 18.0 Å². The summed E-state index contributed by atoms with van der Waals surface area (Å²) in [5.74, 6) is -1.37. The van der Waals surface area contributed by atoms with Crippen LogP contribution in [0.25, 0.3) is 22.2 Å². The van der Waals surface area contributed by atoms with Crippen molar-refractivity contribution in [3.8, 4) is 11.3 Å². The average molecular weight is 431 g/mol. The van der Waals surface area contributed by atoms with Crippen molar-refractivity contribution in [2.45, 2.75) is 19.3 Å². The maximum absolute atomic E-state index is 14.3. The molecule has 2 aromatic carbocycles. The lowest BCUT2D eigenvalue weighted by Crippen LogP contribution is -2.40. The number of urea groups is 1. The first-order chi connectivity index (χ1) is 15.0. The van der Waals surface area contributed by atoms with Gasteiger partial charge >= 0.3 is 6.03 Å². The summed E-state index contributed by atoms with van der Waals surface area (Å²) in [7, 11) is 0. The van der Waals surface area contributed by atoms with Gasteiger partial charge in [-0.15, -0.1) is 0 Å². The number of benzene rings is 2. The Hall–Kier alpha value is -3.00. The number of H-pyrrole nitrogens is 1. The van der Waals surface area contributed by atoms with E-state index in [9.17, 15) is 18.0 Å². The lowest BCUT2D eigenvalue weighted by Gasteiger charge is -2.22. The molecule has 4 rings (SSSR count). The number of aromatic nitrogens is 1. The van der Waals surface area contributed by atoms with Crippen LogP contribution < -0.4 is 10.6 Å². The number of rotatable bonds is 6. The number of fused-ring (bicyclic) bond motifs is 1. The fourth-order valence-corrected chi connectivity index (χ4v) is 3.95. The van der Waals surface area contributed by atoms with Crippen LogP contribution in [0.4, 0.5) is 18.0 Å². The molecule has 164 valence electrons. The second kappa shape index (κ2) is 9.43. The number of carbonyl (C=O) groups is 1. The molecule has 0 bridgehead atoms. The van der Waals surface area contributed by atoms with E-state index in [0.717, 1.165) is 18.9 Å². The van der Waals surface area contributed by atoms with Gasteiger partial charge in [-0.3, -0.25) is 0 Å². The van der Waals surface area contributed by atoms with Gasteiger partial charge in [0.2, 0.25) is 0 Å². The van der Waals surface area contributed by atoms with Gasteiger partial charge in [-0.05, 0) is 66.6 Å². The molecule has 31 heavy (non-hydrogen) atoms. The molecular formula is C23H24F3N3O2. The van der Waals surface area contributed by atoms with E-state index in [1.165, 1.54) is 18.2 Å². The maximum Gasteiger partial charge on any atom is 0.314 e. The van der Waals surface area contributed by atoms with E-state index in [0.29, 0.717) is 54.3 Å². The van der Waals surface area contributed by atoms with Crippen LogP contribution in [0.5, 0.6) is 0 Å². The van der Waals surface area contributed by atoms with Gasteiger partial charge in [0.15, 0.2) is 0 Å². The van der Waals surface area contributed by atoms with Crippen molar-refractivity contribution < 1.29 is 22.7 Å². The summed E-state index contributed by atoms with van der Waals surface area (Å²) in [6.45, 7) is 2.29. The van der Waals surface area contributed by atoms with Crippen LogP contribution in [0.3, 0.4) is 0 Å². The van der Waals surface area contributed by atoms with Crippen molar-refractivity contribution in [1.82, 2.24) is 15.6 Å². The minimum absolute atomic E-state index is 0.180. The zero-order valence-corrected chi connectivity index (χ0v) is 16.9. The highest BCUT2D eigenvalue weighted by Gasteiger charge is 2.18. The van der Waals surface area contributed by atoms with E-state index in [1.807, 2.05) is 0 Å². The van der Waals surface area contributed by atoms with Crippen LogP contribution in [-0.2, 0) is 11.2 Å². The Balaban J connectivity index is 1.48. The predicted octanol–water partition coefficient (Wildman–Crippen LogP) is 4.52. The van der Waals surface area contributed by atoms with E-state index in [2.05, 4.69) is 15.6 Å². The lowest BCUT2D eigenvalue weighted by molar-refractivity contribution is 0.0669. The summed E-state index contributed by atoms with van der Waals surface area (Å²) in [6, 6.07) is 7.57. The Labute approximate surface area is 178 Å². The topological polar surface area (TPSA) is 66.2 Å². The number of hydrogen-bond donors (Lipinski definition) is 3. The van der Waals surface area contributed by atoms with Crippen LogP contribution in [0.15, 0.2) is 36.4 Å². The molecule has 0 unspecified atom stereocenters. The van der Waals surface area contributed by atoms with Crippen molar-refractivity contribution in [2.75, 3.05) is 26.3 Å². The van der Waals surface area contributed by atoms with Crippen molar-refractivity contribution in [3.05, 3.63) is 59.4 Å². The molecule has 5 nitrogen and oxygen atoms in total. The third-order valence-corrected chi connectivity index (χ3v) is 5.62. The van der Waals surface area contributed by atoms with Gasteiger partial charge in [-0.2, -0.15) is 0 Å². The summed E-state index contributed by atoms with van der Waals surface area (Å²) >= 11 is 0. The summed E-state index contributed by atoms with van der Waals surface area (Å²) in [4.78, 5) is 15.2. The third kappa shape index (κ3) is 5.02. The normalized spacial score (nSPS) is 14.7.